The van der Waals surface area contributed by atoms with Crippen LogP contribution < -0.4 is 21.7 Å². The molecule has 3 atom stereocenters. The fourth-order valence-electron chi connectivity index (χ4n) is 2.30. The Hall–Kier alpha value is -2.16. The van der Waals surface area contributed by atoms with Crippen molar-refractivity contribution in [2.75, 3.05) is 13.1 Å². The van der Waals surface area contributed by atoms with Gasteiger partial charge in [-0.1, -0.05) is 34.1 Å². The van der Waals surface area contributed by atoms with Crippen LogP contribution in [0.25, 0.3) is 0 Å². The van der Waals surface area contributed by atoms with E-state index in [9.17, 15) is 24.3 Å². The number of nitrogens with one attached hydrogen (secondary N) is 3. The van der Waals surface area contributed by atoms with E-state index >= 15 is 0 Å². The highest BCUT2D eigenvalue weighted by Gasteiger charge is 2.26. The molecule has 0 unspecified atom stereocenters. The van der Waals surface area contributed by atoms with E-state index < -0.39 is 29.9 Å². The molecular weight excluding hydrogens is 340 g/mol. The molecule has 0 aromatic rings. The maximum absolute atomic E-state index is 12.3. The predicted molar refractivity (Wildman–Crippen MR) is 97.1 cm³/mol. The lowest BCUT2D eigenvalue weighted by molar-refractivity contribution is -0.143. The molecule has 0 aromatic carbocycles. The van der Waals surface area contributed by atoms with Gasteiger partial charge in [0.25, 0.3) is 0 Å². The quantitative estimate of drug-likeness (QED) is 0.314. The van der Waals surface area contributed by atoms with Gasteiger partial charge in [-0.2, -0.15) is 0 Å². The number of amides is 3. The lowest BCUT2D eigenvalue weighted by atomic mass is 9.99. The Labute approximate surface area is 154 Å². The van der Waals surface area contributed by atoms with Crippen molar-refractivity contribution >= 4 is 23.7 Å². The number of carboxylic acids is 1. The summed E-state index contributed by atoms with van der Waals surface area (Å²) in [6.07, 6.45) is 1.11. The Morgan fingerprint density at radius 3 is 2.12 bits per heavy atom. The van der Waals surface area contributed by atoms with Crippen LogP contribution in [0.2, 0.25) is 0 Å². The van der Waals surface area contributed by atoms with Gasteiger partial charge in [0.05, 0.1) is 6.54 Å². The van der Waals surface area contributed by atoms with Gasteiger partial charge in [-0.25, -0.2) is 4.79 Å². The number of rotatable bonds is 12. The van der Waals surface area contributed by atoms with E-state index in [-0.39, 0.29) is 37.3 Å². The first kappa shape index (κ1) is 23.8. The minimum atomic E-state index is -1.12. The topological polar surface area (TPSA) is 151 Å². The van der Waals surface area contributed by atoms with Gasteiger partial charge in [-0.3, -0.25) is 14.4 Å². The van der Waals surface area contributed by atoms with Crippen molar-refractivity contribution in [1.29, 1.82) is 0 Å². The van der Waals surface area contributed by atoms with Gasteiger partial charge >= 0.3 is 5.97 Å². The first-order valence-corrected chi connectivity index (χ1v) is 8.91. The number of carboxylic acid groups (broad SMARTS) is 1. The third-order valence-electron chi connectivity index (χ3n) is 3.95. The van der Waals surface area contributed by atoms with Crippen molar-refractivity contribution in [2.45, 2.75) is 59.0 Å². The SMILES string of the molecule is CC[C@H](C)[C@H](NC(=O)CNC(=O)[C@H](CC(C)C)NC(=O)CCN)C(=O)O. The van der Waals surface area contributed by atoms with Gasteiger partial charge in [0.1, 0.15) is 12.1 Å². The second-order valence-corrected chi connectivity index (χ2v) is 6.78. The lowest BCUT2D eigenvalue weighted by Gasteiger charge is -2.22. The monoisotopic (exact) mass is 372 g/mol. The molecule has 0 aliphatic heterocycles. The van der Waals surface area contributed by atoms with Crippen molar-refractivity contribution < 1.29 is 24.3 Å². The molecule has 0 fully saturated rings. The molecule has 3 amide bonds. The molecule has 0 rings (SSSR count). The van der Waals surface area contributed by atoms with E-state index in [4.69, 9.17) is 5.73 Å². The molecule has 0 aliphatic rings. The highest BCUT2D eigenvalue weighted by atomic mass is 16.4. The van der Waals surface area contributed by atoms with Crippen molar-refractivity contribution in [3.8, 4) is 0 Å². The van der Waals surface area contributed by atoms with Gasteiger partial charge < -0.3 is 26.8 Å². The Kier molecular flexibility index (Phi) is 11.2. The zero-order valence-corrected chi connectivity index (χ0v) is 16.0. The molecular formula is C17H32N4O5. The molecule has 0 saturated carbocycles. The molecule has 9 heteroatoms. The highest BCUT2D eigenvalue weighted by molar-refractivity contribution is 5.91. The largest absolute Gasteiger partial charge is 0.480 e. The molecule has 0 radical (unpaired) electrons. The molecule has 0 bridgehead atoms. The summed E-state index contributed by atoms with van der Waals surface area (Å²) in [6, 6.07) is -1.79. The van der Waals surface area contributed by atoms with E-state index in [0.29, 0.717) is 12.8 Å². The number of carbonyl (C=O) groups excluding carboxylic acids is 3. The molecule has 6 N–H and O–H groups in total. The number of carbonyl (C=O) groups is 4. The second kappa shape index (κ2) is 12.2. The van der Waals surface area contributed by atoms with E-state index in [1.54, 1.807) is 6.92 Å². The summed E-state index contributed by atoms with van der Waals surface area (Å²) in [5.41, 5.74) is 5.33. The third-order valence-corrected chi connectivity index (χ3v) is 3.95. The molecule has 0 aliphatic carbocycles. The van der Waals surface area contributed by atoms with Crippen LogP contribution in [0.5, 0.6) is 0 Å². The fourth-order valence-corrected chi connectivity index (χ4v) is 2.30. The third kappa shape index (κ3) is 9.36. The predicted octanol–water partition coefficient (Wildman–Crippen LogP) is -0.402. The summed E-state index contributed by atoms with van der Waals surface area (Å²) >= 11 is 0. The van der Waals surface area contributed by atoms with Crippen LogP contribution in [0, 0.1) is 11.8 Å². The number of hydrogen-bond acceptors (Lipinski definition) is 5. The van der Waals surface area contributed by atoms with Crippen molar-refractivity contribution in [3.63, 3.8) is 0 Å². The molecule has 9 nitrogen and oxygen atoms in total. The molecule has 0 aromatic heterocycles. The van der Waals surface area contributed by atoms with Crippen LogP contribution in [-0.4, -0.2) is 54.0 Å². The van der Waals surface area contributed by atoms with Crippen LogP contribution in [-0.2, 0) is 19.2 Å². The summed E-state index contributed by atoms with van der Waals surface area (Å²) in [5.74, 6) is -2.63. The number of aliphatic carboxylic acids is 1. The molecule has 0 spiro atoms. The summed E-state index contributed by atoms with van der Waals surface area (Å²) in [7, 11) is 0. The van der Waals surface area contributed by atoms with E-state index in [1.165, 1.54) is 0 Å². The van der Waals surface area contributed by atoms with Crippen LogP contribution in [0.4, 0.5) is 0 Å². The Bertz CT molecular complexity index is 496. The van der Waals surface area contributed by atoms with E-state index in [1.807, 2.05) is 20.8 Å². The minimum Gasteiger partial charge on any atom is -0.480 e. The summed E-state index contributed by atoms with van der Waals surface area (Å²) < 4.78 is 0. The zero-order valence-electron chi connectivity index (χ0n) is 16.0. The van der Waals surface area contributed by atoms with Crippen LogP contribution in [0.3, 0.4) is 0 Å². The Balaban J connectivity index is 4.70. The normalized spacial score (nSPS) is 14.2. The van der Waals surface area contributed by atoms with Gasteiger partial charge in [0, 0.05) is 13.0 Å². The maximum Gasteiger partial charge on any atom is 0.326 e. The smallest absolute Gasteiger partial charge is 0.326 e. The summed E-state index contributed by atoms with van der Waals surface area (Å²) in [6.45, 7) is 7.19. The molecule has 0 saturated heterocycles. The van der Waals surface area contributed by atoms with Crippen molar-refractivity contribution in [3.05, 3.63) is 0 Å². The van der Waals surface area contributed by atoms with Crippen molar-refractivity contribution in [1.82, 2.24) is 16.0 Å². The lowest BCUT2D eigenvalue weighted by Crippen LogP contribution is -2.52. The molecule has 26 heavy (non-hydrogen) atoms. The van der Waals surface area contributed by atoms with Crippen LogP contribution >= 0.6 is 0 Å². The van der Waals surface area contributed by atoms with Crippen LogP contribution in [0.15, 0.2) is 0 Å². The highest BCUT2D eigenvalue weighted by Crippen LogP contribution is 2.08. The summed E-state index contributed by atoms with van der Waals surface area (Å²) in [4.78, 5) is 47.2. The molecule has 150 valence electrons. The molecule has 0 heterocycles. The van der Waals surface area contributed by atoms with Gasteiger partial charge in [0.15, 0.2) is 0 Å². The Morgan fingerprint density at radius 1 is 1.04 bits per heavy atom. The van der Waals surface area contributed by atoms with Crippen molar-refractivity contribution in [2.24, 2.45) is 17.6 Å². The van der Waals surface area contributed by atoms with Gasteiger partial charge in [-0.15, -0.1) is 0 Å². The van der Waals surface area contributed by atoms with Crippen LogP contribution in [0.1, 0.15) is 47.0 Å². The summed E-state index contributed by atoms with van der Waals surface area (Å²) in [5, 5.41) is 16.6. The number of hydrogen-bond donors (Lipinski definition) is 5. The standard InChI is InChI=1S/C17H32N4O5/c1-5-11(4)15(17(25)26)21-14(23)9-19-16(24)12(8-10(2)3)20-13(22)6-7-18/h10-12,15H,5-9,18H2,1-4H3,(H,19,24)(H,20,22)(H,21,23)(H,25,26)/t11-,12-,15-/m0/s1. The fraction of sp³-hybridized carbons (Fsp3) is 0.765. The average Bonchev–Trinajstić information content (AvgIpc) is 2.55. The Morgan fingerprint density at radius 2 is 1.65 bits per heavy atom. The van der Waals surface area contributed by atoms with Gasteiger partial charge in [0.2, 0.25) is 17.7 Å². The number of nitrogens with two attached hydrogens (primary N) is 1. The van der Waals surface area contributed by atoms with E-state index in [2.05, 4.69) is 16.0 Å². The first-order chi connectivity index (χ1) is 12.1. The zero-order chi connectivity index (χ0) is 20.3. The second-order valence-electron chi connectivity index (χ2n) is 6.78. The minimum absolute atomic E-state index is 0.109. The maximum atomic E-state index is 12.3. The average molecular weight is 372 g/mol. The van der Waals surface area contributed by atoms with E-state index in [0.717, 1.165) is 0 Å². The first-order valence-electron chi connectivity index (χ1n) is 8.91. The van der Waals surface area contributed by atoms with Gasteiger partial charge in [-0.05, 0) is 18.3 Å².